The van der Waals surface area contributed by atoms with E-state index in [4.69, 9.17) is 19.3 Å². The molecule has 0 saturated carbocycles. The number of aryl methyl sites for hydroxylation is 2. The molecule has 34 heteroatoms. The molecule has 0 N–H and O–H groups in total. The Kier molecular flexibility index (Phi) is 20.1. The summed E-state index contributed by atoms with van der Waals surface area (Å²) in [5.74, 6) is -9.22. The summed E-state index contributed by atoms with van der Waals surface area (Å²) in [6.45, 7) is 5.84. The van der Waals surface area contributed by atoms with E-state index in [0.717, 1.165) is 69.0 Å². The van der Waals surface area contributed by atoms with E-state index in [2.05, 4.69) is 40.4 Å². The van der Waals surface area contributed by atoms with E-state index >= 15 is 22.4 Å². The SMILES string of the molecule is Cc1cc(F)cc(-n2nccn2)c1C(=O)N1CCC(c2cnn(-c3c(F)ccc(C)c3C(=O)N3CCCC(Cc4cnn(-c5cc(F)c(F)cc5C(=O)N5CCCC(C)C5COc5ccc(C(F)(F)F)cn5)n4)C3COc3ccc(C(F)(F)F)cn3)n2)C(C)C1COc1ccc(C(F)(F)F)cn1. The van der Waals surface area contributed by atoms with Gasteiger partial charge in [0.05, 0.1) is 87.7 Å². The number of ether oxygens (including phenoxy) is 3. The Morgan fingerprint density at radius 3 is 1.63 bits per heavy atom. The number of benzene rings is 3. The molecule has 7 atom stereocenters. The van der Waals surface area contributed by atoms with Gasteiger partial charge in [-0.1, -0.05) is 19.9 Å². The fraction of sp³-hybridized carbons (Fsp3) is 0.382. The van der Waals surface area contributed by atoms with Crippen molar-refractivity contribution in [2.75, 3.05) is 39.5 Å². The predicted octanol–water partition coefficient (Wildman–Crippen LogP) is 12.4. The highest BCUT2D eigenvalue weighted by Crippen LogP contribution is 2.41. The fourth-order valence-corrected chi connectivity index (χ4v) is 13.5. The lowest BCUT2D eigenvalue weighted by atomic mass is 9.79. The van der Waals surface area contributed by atoms with E-state index in [1.165, 1.54) is 58.5 Å². The van der Waals surface area contributed by atoms with Crippen LogP contribution in [0.1, 0.15) is 122 Å². The largest absolute Gasteiger partial charge is 0.475 e. The lowest BCUT2D eigenvalue weighted by molar-refractivity contribution is -0.138. The quantitative estimate of drug-likeness (QED) is 0.0729. The minimum atomic E-state index is -4.75. The molecule has 3 saturated heterocycles. The summed E-state index contributed by atoms with van der Waals surface area (Å²) in [6, 6.07) is 8.95. The highest BCUT2D eigenvalue weighted by Gasteiger charge is 2.44. The molecule has 12 rings (SSSR count). The topological polar surface area (TPSA) is 219 Å². The number of alkyl halides is 9. The van der Waals surface area contributed by atoms with E-state index in [-0.39, 0.29) is 126 Å². The molecule has 3 aliphatic rings. The smallest absolute Gasteiger partial charge is 0.417 e. The maximum Gasteiger partial charge on any atom is 0.417 e. The second-order valence-electron chi connectivity index (χ2n) is 25.3. The number of aromatic nitrogens is 12. The number of nitrogens with zero attached hydrogens (tertiary/aromatic N) is 15. The fourth-order valence-electron chi connectivity index (χ4n) is 13.5. The van der Waals surface area contributed by atoms with Crippen LogP contribution in [0.15, 0.2) is 116 Å². The molecule has 0 bridgehead atoms. The zero-order chi connectivity index (χ0) is 72.7. The van der Waals surface area contributed by atoms with Crippen molar-refractivity contribution in [3.63, 3.8) is 0 Å². The first-order chi connectivity index (χ1) is 48.5. The van der Waals surface area contributed by atoms with E-state index in [9.17, 15) is 49.1 Å². The molecule has 3 aromatic carbocycles. The lowest BCUT2D eigenvalue weighted by Gasteiger charge is -2.43. The van der Waals surface area contributed by atoms with Crippen molar-refractivity contribution in [3.05, 3.63) is 195 Å². The summed E-state index contributed by atoms with van der Waals surface area (Å²) in [5.41, 5.74) is -3.31. The number of hydrogen-bond acceptors (Lipinski definition) is 15. The molecule has 3 amide bonds. The molecular weight excluding hydrogens is 1370 g/mol. The summed E-state index contributed by atoms with van der Waals surface area (Å²) in [4.78, 5) is 64.0. The molecule has 9 aromatic rings. The number of hydrogen-bond donors (Lipinski definition) is 0. The van der Waals surface area contributed by atoms with Gasteiger partial charge in [-0.15, -0.1) is 4.80 Å². The van der Waals surface area contributed by atoms with Crippen LogP contribution in [-0.2, 0) is 24.9 Å². The van der Waals surface area contributed by atoms with Crippen LogP contribution in [0.25, 0.3) is 17.1 Å². The van der Waals surface area contributed by atoms with Crippen molar-refractivity contribution in [1.82, 2.24) is 74.6 Å². The third-order valence-electron chi connectivity index (χ3n) is 18.8. The van der Waals surface area contributed by atoms with Gasteiger partial charge in [0.1, 0.15) is 42.7 Å². The number of carbonyl (C=O) groups is 3. The number of halogens is 13. The Bertz CT molecular complexity index is 4520. The third kappa shape index (κ3) is 15.1. The first kappa shape index (κ1) is 71.3. The summed E-state index contributed by atoms with van der Waals surface area (Å²) >= 11 is 0. The standard InChI is InChI=1S/C68H62F13N15O6/c1-36-7-5-20-91(54(36)33-100-57-14-10-41(28-82-57)66(73,74)75)63(97)47-26-49(71)50(72)27-52(47)95-87-31-45(89-95)24-40-8-6-21-92(56(40)35-102-59-16-12-43(30-84-59)68(79,80)81)65(99)61-37(2)9-13-48(70)62(61)96-88-32-51(90-96)46-17-22-93(55(39(46)4)34-101-58-15-11-42(29-83-58)67(76,77)78)64(98)60-38(3)23-44(69)25-53(60)94-85-18-19-86-94/h9-16,18-19,23,25-32,36,39-40,46,54-56H,5-8,17,20-22,24,33-35H2,1-4H3. The van der Waals surface area contributed by atoms with Gasteiger partial charge in [0.15, 0.2) is 17.5 Å². The van der Waals surface area contributed by atoms with E-state index in [1.807, 2.05) is 6.92 Å². The van der Waals surface area contributed by atoms with Gasteiger partial charge in [0.25, 0.3) is 17.7 Å². The number of likely N-dealkylation sites (tertiary alicyclic amines) is 3. The number of pyridine rings is 3. The van der Waals surface area contributed by atoms with Gasteiger partial charge >= 0.3 is 18.5 Å². The van der Waals surface area contributed by atoms with Gasteiger partial charge in [-0.25, -0.2) is 32.5 Å². The first-order valence-corrected chi connectivity index (χ1v) is 32.2. The molecule has 0 spiro atoms. The molecule has 9 heterocycles. The Labute approximate surface area is 572 Å². The maximum atomic E-state index is 16.9. The molecule has 3 aliphatic heterocycles. The first-order valence-electron chi connectivity index (χ1n) is 32.2. The Hall–Kier alpha value is -10.6. The van der Waals surface area contributed by atoms with Gasteiger partial charge in [-0.2, -0.15) is 79.7 Å². The second kappa shape index (κ2) is 28.8. The van der Waals surface area contributed by atoms with E-state index in [0.29, 0.717) is 50.3 Å². The minimum absolute atomic E-state index is 0.0156. The number of amides is 3. The van der Waals surface area contributed by atoms with Gasteiger partial charge in [-0.05, 0) is 118 Å². The van der Waals surface area contributed by atoms with Crippen LogP contribution in [0.4, 0.5) is 57.1 Å². The molecular formula is C68H62F13N15O6. The van der Waals surface area contributed by atoms with Crippen molar-refractivity contribution in [1.29, 1.82) is 0 Å². The van der Waals surface area contributed by atoms with Crippen molar-refractivity contribution in [2.45, 2.75) is 109 Å². The third-order valence-corrected chi connectivity index (χ3v) is 18.8. The highest BCUT2D eigenvalue weighted by molar-refractivity contribution is 6.00. The summed E-state index contributed by atoms with van der Waals surface area (Å²) < 4.78 is 202. The van der Waals surface area contributed by atoms with Crippen LogP contribution in [0.3, 0.4) is 0 Å². The molecule has 0 radical (unpaired) electrons. The van der Waals surface area contributed by atoms with Crippen LogP contribution in [0, 0.1) is 54.9 Å². The number of rotatable bonds is 18. The molecule has 0 aliphatic carbocycles. The Balaban J connectivity index is 0.829. The van der Waals surface area contributed by atoms with Crippen LogP contribution in [0.5, 0.6) is 17.6 Å². The molecule has 6 aromatic heterocycles. The van der Waals surface area contributed by atoms with Crippen LogP contribution in [-0.4, -0.2) is 150 Å². The molecule has 7 unspecified atom stereocenters. The zero-order valence-corrected chi connectivity index (χ0v) is 54.6. The van der Waals surface area contributed by atoms with Gasteiger partial charge in [0, 0.05) is 74.5 Å². The highest BCUT2D eigenvalue weighted by atomic mass is 19.4. The van der Waals surface area contributed by atoms with Crippen molar-refractivity contribution in [2.24, 2.45) is 17.8 Å². The number of piperidine rings is 3. The average Bonchev–Trinajstić information content (AvgIpc) is 1.27. The van der Waals surface area contributed by atoms with Gasteiger partial charge in [-0.3, -0.25) is 14.4 Å². The summed E-state index contributed by atoms with van der Waals surface area (Å²) in [6.07, 6.45) is -5.07. The number of carbonyl (C=O) groups excluding carboxylic acids is 3. The zero-order valence-electron chi connectivity index (χ0n) is 54.6. The van der Waals surface area contributed by atoms with Crippen molar-refractivity contribution < 1.29 is 85.7 Å². The van der Waals surface area contributed by atoms with Crippen molar-refractivity contribution in [3.8, 4) is 34.7 Å². The lowest BCUT2D eigenvalue weighted by Crippen LogP contribution is -2.53. The van der Waals surface area contributed by atoms with Crippen LogP contribution < -0.4 is 14.2 Å². The monoisotopic (exact) mass is 1430 g/mol. The minimum Gasteiger partial charge on any atom is -0.475 e. The maximum absolute atomic E-state index is 16.9. The van der Waals surface area contributed by atoms with Crippen LogP contribution >= 0.6 is 0 Å². The van der Waals surface area contributed by atoms with E-state index < -0.39 is 119 Å². The predicted molar refractivity (Wildman–Crippen MR) is 333 cm³/mol. The summed E-state index contributed by atoms with van der Waals surface area (Å²) in [5, 5.41) is 26.5. The Morgan fingerprint density at radius 2 is 1.04 bits per heavy atom. The van der Waals surface area contributed by atoms with Crippen molar-refractivity contribution >= 4 is 17.7 Å². The average molecular weight is 1430 g/mol. The van der Waals surface area contributed by atoms with Crippen LogP contribution in [0.2, 0.25) is 0 Å². The molecule has 3 fully saturated rings. The van der Waals surface area contributed by atoms with E-state index in [1.54, 1.807) is 13.8 Å². The van der Waals surface area contributed by atoms with Gasteiger partial charge < -0.3 is 28.9 Å². The Morgan fingerprint density at radius 1 is 0.500 bits per heavy atom. The molecule has 536 valence electrons. The summed E-state index contributed by atoms with van der Waals surface area (Å²) in [7, 11) is 0. The van der Waals surface area contributed by atoms with Gasteiger partial charge in [0.2, 0.25) is 17.6 Å². The molecule has 21 nitrogen and oxygen atoms in total. The second-order valence-corrected chi connectivity index (χ2v) is 25.3. The normalized spacial score (nSPS) is 19.8. The molecule has 102 heavy (non-hydrogen) atoms.